The van der Waals surface area contributed by atoms with Gasteiger partial charge in [-0.1, -0.05) is 97.1 Å². The van der Waals surface area contributed by atoms with Crippen LogP contribution in [0, 0.1) is 0 Å². The molecule has 0 atom stereocenters. The topological polar surface area (TPSA) is 34.5 Å². The molecule has 0 amide bonds. The van der Waals surface area contributed by atoms with Crippen molar-refractivity contribution in [3.05, 3.63) is 182 Å². The minimum Gasteiger partial charge on any atom is -0.456 e. The molecular formula is C50H30N2O2. The van der Waals surface area contributed by atoms with Gasteiger partial charge in [-0.2, -0.15) is 0 Å². The van der Waals surface area contributed by atoms with Crippen molar-refractivity contribution < 1.29 is 8.83 Å². The highest BCUT2D eigenvalue weighted by molar-refractivity contribution is 6.19. The Kier molecular flexibility index (Phi) is 6.02. The highest BCUT2D eigenvalue weighted by Crippen LogP contribution is 2.46. The zero-order chi connectivity index (χ0) is 35.3. The van der Waals surface area contributed by atoms with Crippen LogP contribution in [0.25, 0.3) is 92.9 Å². The summed E-state index contributed by atoms with van der Waals surface area (Å²) in [5.74, 6) is 0. The highest BCUT2D eigenvalue weighted by atomic mass is 16.3. The second-order valence-corrected chi connectivity index (χ2v) is 14.1. The van der Waals surface area contributed by atoms with Crippen LogP contribution in [-0.2, 0) is 0 Å². The van der Waals surface area contributed by atoms with Crippen molar-refractivity contribution in [2.24, 2.45) is 0 Å². The van der Waals surface area contributed by atoms with Crippen LogP contribution in [0.4, 0.5) is 17.1 Å². The molecule has 4 heteroatoms. The molecule has 0 spiro atoms. The molecule has 0 fully saturated rings. The Morgan fingerprint density at radius 3 is 1.78 bits per heavy atom. The van der Waals surface area contributed by atoms with Crippen LogP contribution in [0.2, 0.25) is 0 Å². The van der Waals surface area contributed by atoms with Crippen molar-refractivity contribution in [3.63, 3.8) is 0 Å². The predicted molar refractivity (Wildman–Crippen MR) is 225 cm³/mol. The first kappa shape index (κ1) is 29.3. The predicted octanol–water partition coefficient (Wildman–Crippen LogP) is 14.4. The van der Waals surface area contributed by atoms with E-state index in [0.29, 0.717) is 0 Å². The first-order valence-electron chi connectivity index (χ1n) is 18.3. The molecular weight excluding hydrogens is 661 g/mol. The number of para-hydroxylation sites is 4. The molecule has 0 radical (unpaired) electrons. The summed E-state index contributed by atoms with van der Waals surface area (Å²) in [6, 6.07) is 65.0. The van der Waals surface area contributed by atoms with Gasteiger partial charge < -0.3 is 18.3 Å². The van der Waals surface area contributed by atoms with E-state index in [9.17, 15) is 0 Å². The van der Waals surface area contributed by atoms with Crippen LogP contribution in [0.5, 0.6) is 0 Å². The van der Waals surface area contributed by atoms with E-state index in [0.717, 1.165) is 77.5 Å². The Balaban J connectivity index is 1.16. The van der Waals surface area contributed by atoms with E-state index in [1.54, 1.807) is 0 Å². The number of fused-ring (bicyclic) bond motifs is 12. The van der Waals surface area contributed by atoms with E-state index in [1.807, 2.05) is 24.3 Å². The Morgan fingerprint density at radius 1 is 0.352 bits per heavy atom. The normalized spacial score (nSPS) is 12.1. The van der Waals surface area contributed by atoms with Gasteiger partial charge in [0.2, 0.25) is 0 Å². The molecule has 0 aliphatic rings. The number of benzene rings is 9. The third-order valence-corrected chi connectivity index (χ3v) is 11.1. The maximum atomic E-state index is 6.49. The summed E-state index contributed by atoms with van der Waals surface area (Å²) in [4.78, 5) is 2.40. The molecule has 0 aliphatic carbocycles. The Hall–Kier alpha value is -7.30. The standard InChI is InChI=1S/C50H30N2O2/c1-2-11-33(12-3-1)52-43-16-7-4-15-39(43)50-44(17-10-18-45(50)52)51(35-25-26-38-36-13-5-8-19-46(36)54-49(38)29-35)34-24-23-31-21-22-32-27-48-42(30-41(32)40(31)28-34)37-14-6-9-20-47(37)53-48/h1-30H. The number of rotatable bonds is 4. The average Bonchev–Trinajstić information content (AvgIpc) is 3.89. The number of hydrogen-bond acceptors (Lipinski definition) is 3. The number of anilines is 3. The van der Waals surface area contributed by atoms with Crippen molar-refractivity contribution in [3.8, 4) is 5.69 Å². The van der Waals surface area contributed by atoms with Gasteiger partial charge >= 0.3 is 0 Å². The summed E-state index contributed by atoms with van der Waals surface area (Å²) in [5, 5.41) is 11.6. The van der Waals surface area contributed by atoms with Crippen LogP contribution in [0.3, 0.4) is 0 Å². The second-order valence-electron chi connectivity index (χ2n) is 14.1. The number of furan rings is 2. The molecule has 54 heavy (non-hydrogen) atoms. The molecule has 0 saturated heterocycles. The van der Waals surface area contributed by atoms with Gasteiger partial charge in [0.15, 0.2) is 0 Å². The monoisotopic (exact) mass is 690 g/mol. The molecule has 12 rings (SSSR count). The number of nitrogens with zero attached hydrogens (tertiary/aromatic N) is 2. The van der Waals surface area contributed by atoms with Crippen molar-refractivity contribution in [1.29, 1.82) is 0 Å². The molecule has 0 bridgehead atoms. The van der Waals surface area contributed by atoms with Crippen LogP contribution < -0.4 is 4.90 Å². The van der Waals surface area contributed by atoms with Gasteiger partial charge in [0.05, 0.1) is 16.7 Å². The minimum atomic E-state index is 0.859. The quantitative estimate of drug-likeness (QED) is 0.172. The highest BCUT2D eigenvalue weighted by Gasteiger charge is 2.22. The molecule has 0 N–H and O–H groups in total. The van der Waals surface area contributed by atoms with Crippen LogP contribution in [0.15, 0.2) is 191 Å². The first-order valence-corrected chi connectivity index (χ1v) is 18.3. The molecule has 0 unspecified atom stereocenters. The van der Waals surface area contributed by atoms with E-state index in [4.69, 9.17) is 8.83 Å². The molecule has 3 aromatic heterocycles. The summed E-state index contributed by atoms with van der Waals surface area (Å²) < 4.78 is 15.2. The summed E-state index contributed by atoms with van der Waals surface area (Å²) in [5.41, 5.74) is 10.2. The van der Waals surface area contributed by atoms with E-state index in [2.05, 4.69) is 167 Å². The summed E-state index contributed by atoms with van der Waals surface area (Å²) in [6.07, 6.45) is 0. The molecule has 252 valence electrons. The summed E-state index contributed by atoms with van der Waals surface area (Å²) in [7, 11) is 0. The molecule has 3 heterocycles. The third-order valence-electron chi connectivity index (χ3n) is 11.1. The lowest BCUT2D eigenvalue weighted by Gasteiger charge is -2.27. The third kappa shape index (κ3) is 4.19. The van der Waals surface area contributed by atoms with Gasteiger partial charge in [-0.25, -0.2) is 0 Å². The van der Waals surface area contributed by atoms with Crippen molar-refractivity contribution in [2.75, 3.05) is 4.90 Å². The Bertz CT molecular complexity index is 3460. The second kappa shape index (κ2) is 11.1. The van der Waals surface area contributed by atoms with Gasteiger partial charge in [-0.3, -0.25) is 0 Å². The van der Waals surface area contributed by atoms with E-state index in [-0.39, 0.29) is 0 Å². The molecule has 0 aliphatic heterocycles. The Morgan fingerprint density at radius 2 is 0.944 bits per heavy atom. The SMILES string of the molecule is c1ccc(-n2c3ccccc3c3c(N(c4ccc5c(c4)oc4ccccc45)c4ccc5ccc6cc7oc8ccccc8c7cc6c5c4)cccc32)cc1. The van der Waals surface area contributed by atoms with Crippen LogP contribution >= 0.6 is 0 Å². The minimum absolute atomic E-state index is 0.859. The van der Waals surface area contributed by atoms with Gasteiger partial charge in [-0.15, -0.1) is 0 Å². The van der Waals surface area contributed by atoms with Crippen LogP contribution in [-0.4, -0.2) is 4.57 Å². The smallest absolute Gasteiger partial charge is 0.137 e. The van der Waals surface area contributed by atoms with Gasteiger partial charge in [0.1, 0.15) is 22.3 Å². The van der Waals surface area contributed by atoms with Crippen molar-refractivity contribution >= 4 is 104 Å². The van der Waals surface area contributed by atoms with Gasteiger partial charge in [0, 0.05) is 55.4 Å². The summed E-state index contributed by atoms with van der Waals surface area (Å²) >= 11 is 0. The zero-order valence-corrected chi connectivity index (χ0v) is 29.0. The molecule has 4 nitrogen and oxygen atoms in total. The van der Waals surface area contributed by atoms with Crippen molar-refractivity contribution in [1.82, 2.24) is 4.57 Å². The Labute approximate surface area is 309 Å². The summed E-state index contributed by atoms with van der Waals surface area (Å²) in [6.45, 7) is 0. The maximum absolute atomic E-state index is 6.49. The zero-order valence-electron chi connectivity index (χ0n) is 29.0. The van der Waals surface area contributed by atoms with E-state index < -0.39 is 0 Å². The molecule has 0 saturated carbocycles. The lowest BCUT2D eigenvalue weighted by atomic mass is 9.98. The maximum Gasteiger partial charge on any atom is 0.137 e. The largest absolute Gasteiger partial charge is 0.456 e. The number of aromatic nitrogens is 1. The van der Waals surface area contributed by atoms with Gasteiger partial charge in [0.25, 0.3) is 0 Å². The van der Waals surface area contributed by atoms with Crippen molar-refractivity contribution in [2.45, 2.75) is 0 Å². The first-order chi connectivity index (χ1) is 26.8. The fourth-order valence-electron chi connectivity index (χ4n) is 8.72. The number of hydrogen-bond donors (Lipinski definition) is 0. The molecule has 9 aromatic carbocycles. The lowest BCUT2D eigenvalue weighted by Crippen LogP contribution is -2.10. The fraction of sp³-hybridized carbons (Fsp3) is 0. The van der Waals surface area contributed by atoms with E-state index >= 15 is 0 Å². The molecule has 12 aromatic rings. The van der Waals surface area contributed by atoms with Gasteiger partial charge in [-0.05, 0) is 100 Å². The lowest BCUT2D eigenvalue weighted by molar-refractivity contribution is 0.669. The van der Waals surface area contributed by atoms with E-state index in [1.165, 1.54) is 32.4 Å². The average molecular weight is 691 g/mol. The fourth-order valence-corrected chi connectivity index (χ4v) is 8.72. The van der Waals surface area contributed by atoms with Crippen LogP contribution in [0.1, 0.15) is 0 Å².